The van der Waals surface area contributed by atoms with E-state index >= 15 is 0 Å². The molecule has 7 heteroatoms. The predicted molar refractivity (Wildman–Crippen MR) is 119 cm³/mol. The Morgan fingerprint density at radius 2 is 1.93 bits per heavy atom. The molecule has 1 aromatic carbocycles. The van der Waals surface area contributed by atoms with Crippen LogP contribution < -0.4 is 10.7 Å². The van der Waals surface area contributed by atoms with Gasteiger partial charge in [-0.1, -0.05) is 18.2 Å². The van der Waals surface area contributed by atoms with Gasteiger partial charge in [-0.3, -0.25) is 14.6 Å². The first-order chi connectivity index (χ1) is 14.6. The van der Waals surface area contributed by atoms with Crippen molar-refractivity contribution in [2.45, 2.75) is 32.6 Å². The number of nitrogens with zero attached hydrogens (tertiary/aromatic N) is 2. The summed E-state index contributed by atoms with van der Waals surface area (Å²) in [6.45, 7) is 1.92. The average Bonchev–Trinajstić information content (AvgIpc) is 3.11. The van der Waals surface area contributed by atoms with Crippen molar-refractivity contribution in [2.75, 3.05) is 5.32 Å². The van der Waals surface area contributed by atoms with Crippen LogP contribution in [0.2, 0.25) is 0 Å². The Morgan fingerprint density at radius 1 is 1.10 bits per heavy atom. The second-order valence-corrected chi connectivity index (χ2v) is 8.27. The lowest BCUT2D eigenvalue weighted by Crippen LogP contribution is -2.18. The van der Waals surface area contributed by atoms with Crippen molar-refractivity contribution >= 4 is 34.4 Å². The normalized spacial score (nSPS) is 13.1. The van der Waals surface area contributed by atoms with Gasteiger partial charge in [0.2, 0.25) is 0 Å². The number of rotatable bonds is 5. The van der Waals surface area contributed by atoms with Crippen molar-refractivity contribution in [3.05, 3.63) is 81.5 Å². The highest BCUT2D eigenvalue weighted by molar-refractivity contribution is 7.17. The van der Waals surface area contributed by atoms with Crippen molar-refractivity contribution in [3.8, 4) is 0 Å². The Balaban J connectivity index is 1.57. The second-order valence-electron chi connectivity index (χ2n) is 7.16. The van der Waals surface area contributed by atoms with Gasteiger partial charge < -0.3 is 5.32 Å². The van der Waals surface area contributed by atoms with Crippen LogP contribution in [0.3, 0.4) is 0 Å². The first kappa shape index (κ1) is 20.0. The van der Waals surface area contributed by atoms with Crippen LogP contribution in [0.5, 0.6) is 0 Å². The van der Waals surface area contributed by atoms with Crippen molar-refractivity contribution < 1.29 is 9.59 Å². The number of anilines is 1. The molecule has 2 heterocycles. The molecule has 0 aliphatic heterocycles. The summed E-state index contributed by atoms with van der Waals surface area (Å²) in [5.41, 5.74) is 6.66. The molecule has 3 aromatic rings. The molecule has 0 radical (unpaired) electrons. The summed E-state index contributed by atoms with van der Waals surface area (Å²) >= 11 is 1.60. The summed E-state index contributed by atoms with van der Waals surface area (Å²) in [4.78, 5) is 30.3. The van der Waals surface area contributed by atoms with Gasteiger partial charge in [-0.2, -0.15) is 5.10 Å². The summed E-state index contributed by atoms with van der Waals surface area (Å²) in [6, 6.07) is 10.9. The van der Waals surface area contributed by atoms with E-state index in [9.17, 15) is 9.59 Å². The lowest BCUT2D eigenvalue weighted by molar-refractivity contribution is 0.0953. The number of fused-ring (bicyclic) bond motifs is 1. The Hall–Kier alpha value is -3.32. The summed E-state index contributed by atoms with van der Waals surface area (Å²) in [6.07, 6.45) is 8.95. The number of carbonyl (C=O) groups is 2. The van der Waals surface area contributed by atoms with Gasteiger partial charge in [0.15, 0.2) is 0 Å². The van der Waals surface area contributed by atoms with Crippen molar-refractivity contribution in [3.63, 3.8) is 0 Å². The number of hydrogen-bond acceptors (Lipinski definition) is 5. The Morgan fingerprint density at radius 3 is 2.73 bits per heavy atom. The molecular weight excluding hydrogens is 396 g/mol. The third kappa shape index (κ3) is 4.31. The zero-order valence-corrected chi connectivity index (χ0v) is 17.5. The average molecular weight is 419 g/mol. The van der Waals surface area contributed by atoms with Crippen LogP contribution in [-0.2, 0) is 12.8 Å². The highest BCUT2D eigenvalue weighted by Crippen LogP contribution is 2.37. The van der Waals surface area contributed by atoms with E-state index in [4.69, 9.17) is 0 Å². The minimum Gasteiger partial charge on any atom is -0.313 e. The summed E-state index contributed by atoms with van der Waals surface area (Å²) < 4.78 is 0. The van der Waals surface area contributed by atoms with Crippen LogP contribution in [0.4, 0.5) is 5.00 Å². The lowest BCUT2D eigenvalue weighted by Gasteiger charge is -2.11. The zero-order valence-electron chi connectivity index (χ0n) is 16.6. The molecule has 2 N–H and O–H groups in total. The van der Waals surface area contributed by atoms with Crippen molar-refractivity contribution in [2.24, 2.45) is 5.10 Å². The molecule has 6 nitrogen and oxygen atoms in total. The molecule has 0 saturated heterocycles. The van der Waals surface area contributed by atoms with Gasteiger partial charge in [0, 0.05) is 28.4 Å². The third-order valence-electron chi connectivity index (χ3n) is 5.11. The van der Waals surface area contributed by atoms with Gasteiger partial charge in [0.1, 0.15) is 5.00 Å². The maximum absolute atomic E-state index is 12.8. The fourth-order valence-electron chi connectivity index (χ4n) is 3.53. The van der Waals surface area contributed by atoms with Gasteiger partial charge in [-0.15, -0.1) is 11.3 Å². The predicted octanol–water partition coefficient (Wildman–Crippen LogP) is 4.35. The fourth-order valence-corrected chi connectivity index (χ4v) is 4.79. The molecule has 4 rings (SSSR count). The molecule has 152 valence electrons. The summed E-state index contributed by atoms with van der Waals surface area (Å²) in [7, 11) is 0. The molecule has 0 atom stereocenters. The third-order valence-corrected chi connectivity index (χ3v) is 6.34. The number of aromatic nitrogens is 1. The monoisotopic (exact) mass is 418 g/mol. The van der Waals surface area contributed by atoms with Crippen molar-refractivity contribution in [1.29, 1.82) is 0 Å². The number of pyridine rings is 1. The maximum atomic E-state index is 12.8. The minimum atomic E-state index is -0.325. The number of aryl methyl sites for hydroxylation is 2. The molecule has 1 aliphatic carbocycles. The van der Waals surface area contributed by atoms with E-state index in [0.29, 0.717) is 11.1 Å². The number of hydrogen-bond donors (Lipinski definition) is 2. The second kappa shape index (κ2) is 9.00. The fraction of sp³-hybridized carbons (Fsp3) is 0.217. The largest absolute Gasteiger partial charge is 0.313 e. The molecule has 0 spiro atoms. The van der Waals surface area contributed by atoms with Gasteiger partial charge in [0.25, 0.3) is 11.8 Å². The molecule has 0 unspecified atom stereocenters. The van der Waals surface area contributed by atoms with E-state index in [2.05, 4.69) is 20.8 Å². The Labute approximate surface area is 179 Å². The van der Waals surface area contributed by atoms with Gasteiger partial charge in [-0.25, -0.2) is 5.43 Å². The molecule has 2 aromatic heterocycles. The molecular formula is C23H22N4O2S. The number of amides is 2. The van der Waals surface area contributed by atoms with Crippen LogP contribution in [-0.4, -0.2) is 23.0 Å². The topological polar surface area (TPSA) is 83.5 Å². The maximum Gasteiger partial charge on any atom is 0.272 e. The number of thiophene rings is 1. The van der Waals surface area contributed by atoms with E-state index in [1.165, 1.54) is 16.6 Å². The van der Waals surface area contributed by atoms with E-state index in [-0.39, 0.29) is 11.8 Å². The first-order valence-corrected chi connectivity index (χ1v) is 10.7. The zero-order chi connectivity index (χ0) is 20.9. The molecule has 30 heavy (non-hydrogen) atoms. The number of hydrazone groups is 1. The van der Waals surface area contributed by atoms with E-state index in [1.54, 1.807) is 35.9 Å². The smallest absolute Gasteiger partial charge is 0.272 e. The van der Waals surface area contributed by atoms with Crippen LogP contribution in [0.25, 0.3) is 0 Å². The molecule has 0 fully saturated rings. The van der Waals surface area contributed by atoms with E-state index in [0.717, 1.165) is 41.8 Å². The standard InChI is InChI=1S/C23H22N4O2S/c1-15-7-2-3-9-17(15)22(29)26-23-19(18-10-4-5-11-20(18)30-23)14-25-27-21(28)16-8-6-12-24-13-16/h2-3,6-9,12-14H,4-5,10-11H2,1H3,(H,26,29)(H,27,28)/b25-14+. The first-order valence-electron chi connectivity index (χ1n) is 9.88. The summed E-state index contributed by atoms with van der Waals surface area (Å²) in [5.74, 6) is -0.463. The number of benzene rings is 1. The van der Waals surface area contributed by atoms with Crippen LogP contribution in [0, 0.1) is 6.92 Å². The quantitative estimate of drug-likeness (QED) is 0.477. The number of nitrogens with one attached hydrogen (secondary N) is 2. The van der Waals surface area contributed by atoms with Gasteiger partial charge >= 0.3 is 0 Å². The molecule has 1 aliphatic rings. The van der Waals surface area contributed by atoms with E-state index < -0.39 is 0 Å². The van der Waals surface area contributed by atoms with Crippen LogP contribution in [0.1, 0.15) is 55.1 Å². The Kier molecular flexibility index (Phi) is 5.99. The highest BCUT2D eigenvalue weighted by atomic mass is 32.1. The molecule has 2 amide bonds. The van der Waals surface area contributed by atoms with Gasteiger partial charge in [0.05, 0.1) is 11.8 Å². The van der Waals surface area contributed by atoms with Crippen LogP contribution >= 0.6 is 11.3 Å². The lowest BCUT2D eigenvalue weighted by atomic mass is 9.96. The van der Waals surface area contributed by atoms with Crippen LogP contribution in [0.15, 0.2) is 53.9 Å². The molecule has 0 bridgehead atoms. The van der Waals surface area contributed by atoms with Crippen molar-refractivity contribution in [1.82, 2.24) is 10.4 Å². The Bertz CT molecular complexity index is 1110. The van der Waals surface area contributed by atoms with E-state index in [1.807, 2.05) is 31.2 Å². The summed E-state index contributed by atoms with van der Waals surface area (Å²) in [5, 5.41) is 7.99. The highest BCUT2D eigenvalue weighted by Gasteiger charge is 2.21. The van der Waals surface area contributed by atoms with Gasteiger partial charge in [-0.05, 0) is 61.9 Å². The SMILES string of the molecule is Cc1ccccc1C(=O)Nc1sc2c(c1/C=N/NC(=O)c1cccnc1)CCCC2. The molecule has 0 saturated carbocycles. The minimum absolute atomic E-state index is 0.138. The number of carbonyl (C=O) groups excluding carboxylic acids is 2.